The zero-order valence-electron chi connectivity index (χ0n) is 20.3. The number of carbonyl (C=O) groups excluding carboxylic acids is 2. The van der Waals surface area contributed by atoms with E-state index < -0.39 is 41.9 Å². The first-order chi connectivity index (χ1) is 17.9. The highest BCUT2D eigenvalue weighted by atomic mass is 19.4. The normalized spacial score (nSPS) is 22.9. The summed E-state index contributed by atoms with van der Waals surface area (Å²) in [6, 6.07) is 2.17. The van der Waals surface area contributed by atoms with Gasteiger partial charge in [0.2, 0.25) is 17.7 Å². The molecule has 1 aliphatic heterocycles. The number of oxazole rings is 1. The van der Waals surface area contributed by atoms with Crippen LogP contribution in [-0.2, 0) is 11.2 Å². The summed E-state index contributed by atoms with van der Waals surface area (Å²) in [7, 11) is 0. The molecule has 1 aromatic carbocycles. The summed E-state index contributed by atoms with van der Waals surface area (Å²) in [6.07, 6.45) is -3.97. The van der Waals surface area contributed by atoms with Crippen LogP contribution in [-0.4, -0.2) is 40.1 Å². The Morgan fingerprint density at radius 1 is 1.26 bits per heavy atom. The van der Waals surface area contributed by atoms with Crippen LogP contribution < -0.4 is 10.6 Å². The lowest BCUT2D eigenvalue weighted by molar-refractivity contribution is -0.154. The fraction of sp³-hybridized carbons (Fsp3) is 0.520. The molecule has 3 heterocycles. The minimum Gasteiger partial charge on any atom is -0.438 e. The van der Waals surface area contributed by atoms with E-state index in [-0.39, 0.29) is 55.9 Å². The zero-order valence-corrected chi connectivity index (χ0v) is 20.3. The Morgan fingerprint density at radius 3 is 2.63 bits per heavy atom. The molecular formula is C25H25F5N4O4. The molecule has 5 rings (SSSR count). The van der Waals surface area contributed by atoms with Gasteiger partial charge in [-0.15, -0.1) is 0 Å². The third-order valence-electron chi connectivity index (χ3n) is 7.33. The summed E-state index contributed by atoms with van der Waals surface area (Å²) >= 11 is 0. The Morgan fingerprint density at radius 2 is 2.00 bits per heavy atom. The molecule has 8 nitrogen and oxygen atoms in total. The average Bonchev–Trinajstić information content (AvgIpc) is 3.56. The van der Waals surface area contributed by atoms with Crippen LogP contribution in [0.1, 0.15) is 65.7 Å². The molecule has 2 amide bonds. The molecule has 0 unspecified atom stereocenters. The number of benzene rings is 1. The van der Waals surface area contributed by atoms with Gasteiger partial charge in [0.25, 0.3) is 5.91 Å². The number of hydrogen-bond acceptors (Lipinski definition) is 6. The number of halogens is 5. The Hall–Kier alpha value is -3.51. The summed E-state index contributed by atoms with van der Waals surface area (Å²) < 4.78 is 77.5. The van der Waals surface area contributed by atoms with Crippen molar-refractivity contribution in [2.24, 2.45) is 11.8 Å². The second-order valence-corrected chi connectivity index (χ2v) is 10.1. The largest absolute Gasteiger partial charge is 0.438 e. The van der Waals surface area contributed by atoms with Crippen molar-refractivity contribution in [1.29, 1.82) is 0 Å². The number of rotatable bonds is 6. The second kappa shape index (κ2) is 9.66. The zero-order chi connectivity index (χ0) is 27.2. The quantitative estimate of drug-likeness (QED) is 0.425. The molecule has 2 fully saturated rings. The number of aromatic nitrogens is 2. The maximum Gasteiger partial charge on any atom is 0.408 e. The van der Waals surface area contributed by atoms with Gasteiger partial charge in [-0.25, -0.2) is 13.8 Å². The van der Waals surface area contributed by atoms with Gasteiger partial charge < -0.3 is 19.6 Å². The van der Waals surface area contributed by atoms with Crippen molar-refractivity contribution >= 4 is 22.9 Å². The smallest absolute Gasteiger partial charge is 0.408 e. The van der Waals surface area contributed by atoms with E-state index in [1.807, 2.05) is 5.32 Å². The van der Waals surface area contributed by atoms with Crippen molar-refractivity contribution in [3.63, 3.8) is 0 Å². The molecule has 204 valence electrons. The van der Waals surface area contributed by atoms with E-state index in [9.17, 15) is 31.5 Å². The van der Waals surface area contributed by atoms with E-state index in [4.69, 9.17) is 8.94 Å². The summed E-state index contributed by atoms with van der Waals surface area (Å²) in [4.78, 5) is 29.5. The minimum atomic E-state index is -4.51. The maximum atomic E-state index is 13.8. The first-order valence-corrected chi connectivity index (χ1v) is 12.3. The van der Waals surface area contributed by atoms with Crippen molar-refractivity contribution < 1.29 is 40.5 Å². The topological polar surface area (TPSA) is 110 Å². The van der Waals surface area contributed by atoms with E-state index in [0.717, 1.165) is 0 Å². The lowest BCUT2D eigenvalue weighted by Gasteiger charge is -2.32. The van der Waals surface area contributed by atoms with E-state index in [0.29, 0.717) is 22.4 Å². The molecule has 0 radical (unpaired) electrons. The predicted molar refractivity (Wildman–Crippen MR) is 122 cm³/mol. The Bertz CT molecular complexity index is 1340. The SMILES string of the molecule is Cc1nocc1C(=O)N[C@H](c1nc2cc(C[C@H]3C[C@@H](C(F)(F)F)NC3=O)ccc2o1)C1CCC(F)(F)CC1. The number of nitrogens with zero attached hydrogens (tertiary/aromatic N) is 2. The number of fused-ring (bicyclic) bond motifs is 1. The summed E-state index contributed by atoms with van der Waals surface area (Å²) in [5, 5.41) is 8.52. The highest BCUT2D eigenvalue weighted by Gasteiger charge is 2.47. The van der Waals surface area contributed by atoms with Gasteiger partial charge in [0.15, 0.2) is 5.58 Å². The molecule has 2 aliphatic rings. The second-order valence-electron chi connectivity index (χ2n) is 10.1. The summed E-state index contributed by atoms with van der Waals surface area (Å²) in [6.45, 7) is 1.59. The van der Waals surface area contributed by atoms with Crippen molar-refractivity contribution in [2.45, 2.75) is 69.6 Å². The summed E-state index contributed by atoms with van der Waals surface area (Å²) in [5.74, 6) is -5.02. The molecule has 38 heavy (non-hydrogen) atoms. The van der Waals surface area contributed by atoms with Gasteiger partial charge >= 0.3 is 6.18 Å². The lowest BCUT2D eigenvalue weighted by Crippen LogP contribution is -2.38. The van der Waals surface area contributed by atoms with Gasteiger partial charge in [-0.3, -0.25) is 9.59 Å². The molecule has 3 atom stereocenters. The monoisotopic (exact) mass is 540 g/mol. The predicted octanol–water partition coefficient (Wildman–Crippen LogP) is 5.03. The fourth-order valence-corrected chi connectivity index (χ4v) is 5.17. The maximum absolute atomic E-state index is 13.8. The average molecular weight is 540 g/mol. The van der Waals surface area contributed by atoms with E-state index in [1.54, 1.807) is 25.1 Å². The van der Waals surface area contributed by atoms with E-state index in [1.165, 1.54) is 6.26 Å². The van der Waals surface area contributed by atoms with Gasteiger partial charge in [-0.2, -0.15) is 13.2 Å². The van der Waals surface area contributed by atoms with Crippen LogP contribution in [0.2, 0.25) is 0 Å². The third kappa shape index (κ3) is 5.37. The summed E-state index contributed by atoms with van der Waals surface area (Å²) in [5.41, 5.74) is 1.89. The van der Waals surface area contributed by atoms with Crippen LogP contribution in [0.15, 0.2) is 33.4 Å². The highest BCUT2D eigenvalue weighted by molar-refractivity contribution is 5.95. The first-order valence-electron chi connectivity index (χ1n) is 12.3. The van der Waals surface area contributed by atoms with Gasteiger partial charge in [-0.05, 0) is 56.2 Å². The minimum absolute atomic E-state index is 0.0845. The molecular weight excluding hydrogens is 515 g/mol. The number of amides is 2. The van der Waals surface area contributed by atoms with Gasteiger partial charge in [-0.1, -0.05) is 11.2 Å². The van der Waals surface area contributed by atoms with Crippen molar-refractivity contribution in [3.05, 3.63) is 47.2 Å². The third-order valence-corrected chi connectivity index (χ3v) is 7.33. The number of carbonyl (C=O) groups is 2. The Labute approximate surface area is 213 Å². The van der Waals surface area contributed by atoms with Gasteiger partial charge in [0.1, 0.15) is 29.4 Å². The molecule has 2 aromatic heterocycles. The van der Waals surface area contributed by atoms with E-state index >= 15 is 0 Å². The Balaban J connectivity index is 1.38. The highest BCUT2D eigenvalue weighted by Crippen LogP contribution is 2.42. The van der Waals surface area contributed by atoms with Crippen molar-refractivity contribution in [2.75, 3.05) is 0 Å². The molecule has 13 heteroatoms. The molecule has 2 N–H and O–H groups in total. The molecule has 3 aromatic rings. The number of aryl methyl sites for hydroxylation is 1. The molecule has 1 saturated heterocycles. The molecule has 0 spiro atoms. The van der Waals surface area contributed by atoms with Crippen LogP contribution in [0, 0.1) is 18.8 Å². The standard InChI is InChI=1S/C25H25F5N4O4/c1-12-16(11-37-34-12)22(36)33-20(14-4-6-24(26,27)7-5-14)23-31-17-9-13(2-3-18(17)38-23)8-15-10-19(25(28,29)30)32-21(15)35/h2-3,9,11,14-15,19-20H,4-8,10H2,1H3,(H,32,35)(H,33,36)/t15-,19-,20-/m0/s1. The van der Waals surface area contributed by atoms with Crippen molar-refractivity contribution in [1.82, 2.24) is 20.8 Å². The van der Waals surface area contributed by atoms with Crippen LogP contribution in [0.3, 0.4) is 0 Å². The van der Waals surface area contributed by atoms with Crippen LogP contribution in [0.4, 0.5) is 22.0 Å². The van der Waals surface area contributed by atoms with Crippen LogP contribution in [0.25, 0.3) is 11.1 Å². The molecule has 1 saturated carbocycles. The number of nitrogens with one attached hydrogen (secondary N) is 2. The Kier molecular flexibility index (Phi) is 6.64. The van der Waals surface area contributed by atoms with Gasteiger partial charge in [0.05, 0.1) is 5.69 Å². The van der Waals surface area contributed by atoms with Crippen LogP contribution >= 0.6 is 0 Å². The van der Waals surface area contributed by atoms with Crippen LogP contribution in [0.5, 0.6) is 0 Å². The first kappa shape index (κ1) is 26.1. The number of hydrogen-bond donors (Lipinski definition) is 2. The molecule has 1 aliphatic carbocycles. The fourth-order valence-electron chi connectivity index (χ4n) is 5.17. The number of alkyl halides is 5. The van der Waals surface area contributed by atoms with Crippen molar-refractivity contribution in [3.8, 4) is 0 Å². The van der Waals surface area contributed by atoms with Gasteiger partial charge in [0, 0.05) is 18.8 Å². The van der Waals surface area contributed by atoms with E-state index in [2.05, 4.69) is 15.5 Å². The lowest BCUT2D eigenvalue weighted by atomic mass is 9.82. The molecule has 0 bridgehead atoms.